The molecule has 0 spiro atoms. The second-order valence-electron chi connectivity index (χ2n) is 4.13. The molecule has 0 bridgehead atoms. The van der Waals surface area contributed by atoms with E-state index in [4.69, 9.17) is 0 Å². The van der Waals surface area contributed by atoms with Gasteiger partial charge in [-0.1, -0.05) is 0 Å². The van der Waals surface area contributed by atoms with Gasteiger partial charge in [-0.25, -0.2) is 4.68 Å². The Balaban J connectivity index is 2.17. The Hall–Kier alpha value is -3.03. The van der Waals surface area contributed by atoms with Gasteiger partial charge >= 0.3 is 0 Å². The highest BCUT2D eigenvalue weighted by Crippen LogP contribution is 2.15. The number of hydrogen-bond donors (Lipinski definition) is 1. The Morgan fingerprint density at radius 2 is 1.95 bits per heavy atom. The molecule has 1 aromatic carbocycles. The Kier molecular flexibility index (Phi) is 4.07. The van der Waals surface area contributed by atoms with Crippen LogP contribution < -0.4 is 10.9 Å². The largest absolute Gasteiger partial charge is 0.321 e. The molecule has 8 nitrogen and oxygen atoms in total. The lowest BCUT2D eigenvalue weighted by molar-refractivity contribution is -0.384. The van der Waals surface area contributed by atoms with E-state index in [2.05, 4.69) is 10.4 Å². The number of anilines is 1. The quantitative estimate of drug-likeness (QED) is 0.676. The average molecular weight is 288 g/mol. The first-order valence-electron chi connectivity index (χ1n) is 6.15. The number of nitrogens with one attached hydrogen (secondary N) is 1. The van der Waals surface area contributed by atoms with E-state index in [0.717, 1.165) is 0 Å². The molecule has 0 aliphatic heterocycles. The smallest absolute Gasteiger partial charge is 0.276 e. The fourth-order valence-corrected chi connectivity index (χ4v) is 1.66. The third kappa shape index (κ3) is 3.30. The minimum Gasteiger partial charge on any atom is -0.321 e. The number of nitro benzene ring substituents is 1. The summed E-state index contributed by atoms with van der Waals surface area (Å²) in [6.45, 7) is 2.10. The van der Waals surface area contributed by atoms with Gasteiger partial charge in [0, 0.05) is 30.4 Å². The molecule has 1 aromatic heterocycles. The van der Waals surface area contributed by atoms with Crippen molar-refractivity contribution in [2.24, 2.45) is 0 Å². The zero-order valence-electron chi connectivity index (χ0n) is 11.1. The third-order valence-corrected chi connectivity index (χ3v) is 2.73. The van der Waals surface area contributed by atoms with Crippen LogP contribution in [0.15, 0.2) is 41.2 Å². The monoisotopic (exact) mass is 288 g/mol. The summed E-state index contributed by atoms with van der Waals surface area (Å²) in [6, 6.07) is 8.01. The highest BCUT2D eigenvalue weighted by molar-refractivity contribution is 6.02. The van der Waals surface area contributed by atoms with Gasteiger partial charge in [0.1, 0.15) is 5.69 Å². The van der Waals surface area contributed by atoms with Crippen molar-refractivity contribution in [2.45, 2.75) is 13.5 Å². The van der Waals surface area contributed by atoms with Gasteiger partial charge in [-0.15, -0.1) is 0 Å². The minimum atomic E-state index is -0.524. The molecule has 0 aliphatic rings. The van der Waals surface area contributed by atoms with Gasteiger partial charge in [-0.2, -0.15) is 5.10 Å². The molecule has 108 valence electrons. The van der Waals surface area contributed by atoms with Crippen LogP contribution in [0.25, 0.3) is 0 Å². The van der Waals surface area contributed by atoms with Crippen molar-refractivity contribution in [1.29, 1.82) is 0 Å². The normalized spacial score (nSPS) is 10.1. The summed E-state index contributed by atoms with van der Waals surface area (Å²) in [4.78, 5) is 33.4. The number of carbonyl (C=O) groups excluding carboxylic acids is 1. The summed E-state index contributed by atoms with van der Waals surface area (Å²) < 4.78 is 1.17. The zero-order chi connectivity index (χ0) is 15.4. The van der Waals surface area contributed by atoms with Crippen molar-refractivity contribution >= 4 is 17.3 Å². The fraction of sp³-hybridized carbons (Fsp3) is 0.154. The summed E-state index contributed by atoms with van der Waals surface area (Å²) in [6.07, 6.45) is 0. The van der Waals surface area contributed by atoms with E-state index in [0.29, 0.717) is 12.2 Å². The third-order valence-electron chi connectivity index (χ3n) is 2.73. The van der Waals surface area contributed by atoms with Gasteiger partial charge in [0.25, 0.3) is 17.2 Å². The molecule has 2 aromatic rings. The van der Waals surface area contributed by atoms with Crippen LogP contribution in [0.3, 0.4) is 0 Å². The predicted octanol–water partition coefficient (Wildman–Crippen LogP) is 1.42. The Morgan fingerprint density at radius 1 is 1.29 bits per heavy atom. The number of nitro groups is 1. The van der Waals surface area contributed by atoms with E-state index < -0.39 is 10.8 Å². The summed E-state index contributed by atoms with van der Waals surface area (Å²) in [5.41, 5.74) is 0.145. The van der Waals surface area contributed by atoms with Crippen LogP contribution >= 0.6 is 0 Å². The number of aromatic nitrogens is 2. The topological polar surface area (TPSA) is 107 Å². The molecule has 0 saturated heterocycles. The molecule has 21 heavy (non-hydrogen) atoms. The Morgan fingerprint density at radius 3 is 2.52 bits per heavy atom. The predicted molar refractivity (Wildman–Crippen MR) is 75.2 cm³/mol. The lowest BCUT2D eigenvalue weighted by atomic mass is 10.2. The first-order valence-corrected chi connectivity index (χ1v) is 6.15. The molecule has 1 heterocycles. The van der Waals surface area contributed by atoms with Gasteiger partial charge in [0.2, 0.25) is 0 Å². The second-order valence-corrected chi connectivity index (χ2v) is 4.13. The summed E-state index contributed by atoms with van der Waals surface area (Å²) >= 11 is 0. The first kappa shape index (κ1) is 14.4. The standard InChI is InChI=1S/C13H12N4O4/c1-2-16-12(18)8-7-11(15-16)13(19)14-9-3-5-10(6-4-9)17(20)21/h3-8H,2H2,1H3,(H,14,19). The Bertz CT molecular complexity index is 737. The van der Waals surface area contributed by atoms with Crippen LogP contribution in [0.2, 0.25) is 0 Å². The van der Waals surface area contributed by atoms with E-state index >= 15 is 0 Å². The van der Waals surface area contributed by atoms with Crippen molar-refractivity contribution in [3.8, 4) is 0 Å². The Labute approximate surface area is 119 Å². The van der Waals surface area contributed by atoms with Crippen LogP contribution in [0, 0.1) is 10.1 Å². The minimum absolute atomic E-state index is 0.0642. The van der Waals surface area contributed by atoms with E-state index in [1.807, 2.05) is 0 Å². The van der Waals surface area contributed by atoms with Crippen molar-refractivity contribution < 1.29 is 9.72 Å². The number of benzene rings is 1. The van der Waals surface area contributed by atoms with Crippen LogP contribution in [0.5, 0.6) is 0 Å². The summed E-state index contributed by atoms with van der Waals surface area (Å²) in [5.74, 6) is -0.494. The van der Waals surface area contributed by atoms with Crippen molar-refractivity contribution in [3.63, 3.8) is 0 Å². The van der Waals surface area contributed by atoms with Crippen molar-refractivity contribution in [2.75, 3.05) is 5.32 Å². The van der Waals surface area contributed by atoms with Gasteiger partial charge in [-0.05, 0) is 25.1 Å². The maximum Gasteiger partial charge on any atom is 0.276 e. The summed E-state index contributed by atoms with van der Waals surface area (Å²) in [5, 5.41) is 17.0. The molecule has 0 radical (unpaired) electrons. The molecule has 0 atom stereocenters. The van der Waals surface area contributed by atoms with Gasteiger partial charge in [0.05, 0.1) is 4.92 Å². The summed E-state index contributed by atoms with van der Waals surface area (Å²) in [7, 11) is 0. The number of hydrogen-bond acceptors (Lipinski definition) is 5. The number of aryl methyl sites for hydroxylation is 1. The number of nitrogens with zero attached hydrogens (tertiary/aromatic N) is 3. The number of amides is 1. The van der Waals surface area contributed by atoms with E-state index in [1.165, 1.54) is 41.1 Å². The fourth-order valence-electron chi connectivity index (χ4n) is 1.66. The second kappa shape index (κ2) is 5.95. The molecule has 1 amide bonds. The highest BCUT2D eigenvalue weighted by Gasteiger charge is 2.10. The van der Waals surface area contributed by atoms with Crippen molar-refractivity contribution in [3.05, 3.63) is 62.6 Å². The molecular weight excluding hydrogens is 276 g/mol. The number of rotatable bonds is 4. The molecule has 2 rings (SSSR count). The molecule has 0 aliphatic carbocycles. The molecule has 1 N–H and O–H groups in total. The molecule has 0 fully saturated rings. The maximum atomic E-state index is 12.0. The molecule has 8 heteroatoms. The van der Waals surface area contributed by atoms with Gasteiger partial charge < -0.3 is 5.32 Å². The van der Waals surface area contributed by atoms with Crippen LogP contribution in [0.4, 0.5) is 11.4 Å². The van der Waals surface area contributed by atoms with Gasteiger partial charge in [-0.3, -0.25) is 19.7 Å². The zero-order valence-corrected chi connectivity index (χ0v) is 11.1. The van der Waals surface area contributed by atoms with E-state index in [-0.39, 0.29) is 16.9 Å². The molecule has 0 saturated carbocycles. The van der Waals surface area contributed by atoms with Crippen molar-refractivity contribution in [1.82, 2.24) is 9.78 Å². The number of non-ortho nitro benzene ring substituents is 1. The highest BCUT2D eigenvalue weighted by atomic mass is 16.6. The molecule has 0 unspecified atom stereocenters. The SMILES string of the molecule is CCn1nc(C(=O)Nc2ccc([N+](=O)[O-])cc2)ccc1=O. The lowest BCUT2D eigenvalue weighted by Gasteiger charge is -2.06. The van der Waals surface area contributed by atoms with Crippen LogP contribution in [-0.4, -0.2) is 20.6 Å². The van der Waals surface area contributed by atoms with E-state index in [9.17, 15) is 19.7 Å². The average Bonchev–Trinajstić information content (AvgIpc) is 2.48. The number of carbonyl (C=O) groups is 1. The van der Waals surface area contributed by atoms with E-state index in [1.54, 1.807) is 6.92 Å². The first-order chi connectivity index (χ1) is 10.0. The lowest BCUT2D eigenvalue weighted by Crippen LogP contribution is -2.25. The van der Waals surface area contributed by atoms with Gasteiger partial charge in [0.15, 0.2) is 0 Å². The van der Waals surface area contributed by atoms with Crippen LogP contribution in [-0.2, 0) is 6.54 Å². The van der Waals surface area contributed by atoms with Crippen LogP contribution in [0.1, 0.15) is 17.4 Å². The molecular formula is C13H12N4O4. The maximum absolute atomic E-state index is 12.0.